The molecule has 6 nitrogen and oxygen atoms in total. The minimum absolute atomic E-state index is 0.00469. The van der Waals surface area contributed by atoms with Crippen LogP contribution in [0, 0.1) is 32.1 Å². The molecule has 0 fully saturated rings. The number of carbonyl (C=O) groups excluding carboxylic acids is 2. The molecular formula is C25H23N3O3. The van der Waals surface area contributed by atoms with Crippen molar-refractivity contribution in [3.05, 3.63) is 88.2 Å². The molecule has 3 aromatic rings. The Morgan fingerprint density at radius 3 is 2.48 bits per heavy atom. The number of nitriles is 1. The summed E-state index contributed by atoms with van der Waals surface area (Å²) in [5.74, 6) is -0.880. The zero-order valence-electron chi connectivity index (χ0n) is 17.9. The highest BCUT2D eigenvalue weighted by Crippen LogP contribution is 2.24. The van der Waals surface area contributed by atoms with E-state index >= 15 is 0 Å². The molecule has 31 heavy (non-hydrogen) atoms. The number of benzene rings is 2. The van der Waals surface area contributed by atoms with Crippen molar-refractivity contribution in [2.24, 2.45) is 0 Å². The third kappa shape index (κ3) is 4.73. The van der Waals surface area contributed by atoms with Crippen LogP contribution < -0.4 is 5.32 Å². The molecule has 1 N–H and O–H groups in total. The van der Waals surface area contributed by atoms with Crippen LogP contribution in [0.25, 0.3) is 11.8 Å². The third-order valence-electron chi connectivity index (χ3n) is 4.94. The summed E-state index contributed by atoms with van der Waals surface area (Å²) in [6, 6.07) is 18.4. The van der Waals surface area contributed by atoms with Gasteiger partial charge in [-0.05, 0) is 74.4 Å². The summed E-state index contributed by atoms with van der Waals surface area (Å²) in [7, 11) is 1.34. The monoisotopic (exact) mass is 413 g/mol. The van der Waals surface area contributed by atoms with Gasteiger partial charge in [0.2, 0.25) is 0 Å². The van der Waals surface area contributed by atoms with Crippen molar-refractivity contribution in [3.63, 3.8) is 0 Å². The third-order valence-corrected chi connectivity index (χ3v) is 4.94. The fourth-order valence-electron chi connectivity index (χ4n) is 3.45. The van der Waals surface area contributed by atoms with E-state index in [9.17, 15) is 14.9 Å². The van der Waals surface area contributed by atoms with Crippen LogP contribution in [0.3, 0.4) is 0 Å². The number of esters is 1. The lowest BCUT2D eigenvalue weighted by Crippen LogP contribution is -2.13. The SMILES string of the molecule is COC(=O)c1cccc(-n2c(C)cc(C=C(C#N)C(=O)Nc3cccc(C)c3)c2C)c1. The lowest BCUT2D eigenvalue weighted by Gasteiger charge is -2.11. The molecular weight excluding hydrogens is 390 g/mol. The van der Waals surface area contributed by atoms with Crippen molar-refractivity contribution in [2.45, 2.75) is 20.8 Å². The summed E-state index contributed by atoms with van der Waals surface area (Å²) >= 11 is 0. The van der Waals surface area contributed by atoms with Crippen molar-refractivity contribution in [1.82, 2.24) is 4.57 Å². The number of aromatic nitrogens is 1. The number of ether oxygens (including phenoxy) is 1. The average molecular weight is 413 g/mol. The zero-order valence-corrected chi connectivity index (χ0v) is 17.9. The van der Waals surface area contributed by atoms with Crippen molar-refractivity contribution in [3.8, 4) is 11.8 Å². The number of nitrogens with one attached hydrogen (secondary N) is 1. The molecule has 0 spiro atoms. The van der Waals surface area contributed by atoms with Crippen molar-refractivity contribution >= 4 is 23.6 Å². The molecule has 0 bridgehead atoms. The second kappa shape index (κ2) is 9.14. The summed E-state index contributed by atoms with van der Waals surface area (Å²) in [6.07, 6.45) is 1.58. The maximum absolute atomic E-state index is 12.6. The Morgan fingerprint density at radius 2 is 1.81 bits per heavy atom. The first-order valence-corrected chi connectivity index (χ1v) is 9.71. The standard InChI is InChI=1S/C25H23N3O3/c1-16-7-5-9-22(11-16)27-24(29)21(15-26)13-20-12-17(2)28(18(20)3)23-10-6-8-19(14-23)25(30)31-4/h5-14H,1-4H3,(H,27,29). The smallest absolute Gasteiger partial charge is 0.337 e. The molecule has 1 amide bonds. The Bertz CT molecular complexity index is 1230. The highest BCUT2D eigenvalue weighted by Gasteiger charge is 2.15. The van der Waals surface area contributed by atoms with E-state index in [1.54, 1.807) is 30.3 Å². The van der Waals surface area contributed by atoms with Crippen molar-refractivity contribution in [2.75, 3.05) is 12.4 Å². The Labute approximate surface area is 181 Å². The molecule has 0 aliphatic heterocycles. The second-order valence-corrected chi connectivity index (χ2v) is 7.20. The highest BCUT2D eigenvalue weighted by molar-refractivity contribution is 6.09. The summed E-state index contributed by atoms with van der Waals surface area (Å²) < 4.78 is 6.77. The van der Waals surface area contributed by atoms with Crippen LogP contribution in [-0.2, 0) is 9.53 Å². The quantitative estimate of drug-likeness (QED) is 0.372. The number of rotatable bonds is 5. The van der Waals surface area contributed by atoms with Gasteiger partial charge in [-0.25, -0.2) is 4.79 Å². The van der Waals surface area contributed by atoms with Crippen LogP contribution in [0.2, 0.25) is 0 Å². The lowest BCUT2D eigenvalue weighted by atomic mass is 10.1. The Morgan fingerprint density at radius 1 is 1.06 bits per heavy atom. The first-order valence-electron chi connectivity index (χ1n) is 9.71. The molecule has 3 rings (SSSR count). The molecule has 156 valence electrons. The number of amides is 1. The van der Waals surface area contributed by atoms with Crippen LogP contribution in [0.4, 0.5) is 5.69 Å². The van der Waals surface area contributed by atoms with Gasteiger partial charge in [-0.1, -0.05) is 18.2 Å². The van der Waals surface area contributed by atoms with Gasteiger partial charge in [-0.2, -0.15) is 5.26 Å². The Balaban J connectivity index is 1.95. The number of anilines is 1. The van der Waals surface area contributed by atoms with Crippen LogP contribution in [0.5, 0.6) is 0 Å². The largest absolute Gasteiger partial charge is 0.465 e. The van der Waals surface area contributed by atoms with Gasteiger partial charge < -0.3 is 14.6 Å². The molecule has 2 aromatic carbocycles. The minimum Gasteiger partial charge on any atom is -0.465 e. The number of hydrogen-bond donors (Lipinski definition) is 1. The van der Waals surface area contributed by atoms with E-state index < -0.39 is 11.9 Å². The first-order chi connectivity index (χ1) is 14.8. The van der Waals surface area contributed by atoms with Gasteiger partial charge in [0.05, 0.1) is 12.7 Å². The van der Waals surface area contributed by atoms with Gasteiger partial charge in [0.1, 0.15) is 11.6 Å². The number of carbonyl (C=O) groups is 2. The number of nitrogens with zero attached hydrogens (tertiary/aromatic N) is 2. The van der Waals surface area contributed by atoms with Gasteiger partial charge in [0, 0.05) is 22.8 Å². The molecule has 0 saturated carbocycles. The van der Waals surface area contributed by atoms with Crippen LogP contribution >= 0.6 is 0 Å². The van der Waals surface area contributed by atoms with Crippen LogP contribution in [-0.4, -0.2) is 23.6 Å². The zero-order chi connectivity index (χ0) is 22.5. The van der Waals surface area contributed by atoms with E-state index in [-0.39, 0.29) is 5.57 Å². The number of aryl methyl sites for hydroxylation is 2. The van der Waals surface area contributed by atoms with Crippen molar-refractivity contribution < 1.29 is 14.3 Å². The number of hydrogen-bond acceptors (Lipinski definition) is 4. The molecule has 0 saturated heterocycles. The molecule has 1 heterocycles. The summed E-state index contributed by atoms with van der Waals surface area (Å²) in [4.78, 5) is 24.5. The molecule has 0 aliphatic rings. The molecule has 0 unspecified atom stereocenters. The van der Waals surface area contributed by atoms with Gasteiger partial charge in [-0.15, -0.1) is 0 Å². The van der Waals surface area contributed by atoms with Gasteiger partial charge in [0.25, 0.3) is 5.91 Å². The van der Waals surface area contributed by atoms with E-state index in [0.717, 1.165) is 28.2 Å². The lowest BCUT2D eigenvalue weighted by molar-refractivity contribution is -0.112. The molecule has 1 aromatic heterocycles. The van der Waals surface area contributed by atoms with E-state index in [1.165, 1.54) is 7.11 Å². The van der Waals surface area contributed by atoms with Crippen molar-refractivity contribution in [1.29, 1.82) is 5.26 Å². The fourth-order valence-corrected chi connectivity index (χ4v) is 3.45. The summed E-state index contributed by atoms with van der Waals surface area (Å²) in [6.45, 7) is 5.76. The van der Waals surface area contributed by atoms with E-state index in [2.05, 4.69) is 5.32 Å². The summed E-state index contributed by atoms with van der Waals surface area (Å²) in [5.41, 5.74) is 5.38. The van der Waals surface area contributed by atoms with E-state index in [0.29, 0.717) is 11.3 Å². The fraction of sp³-hybridized carbons (Fsp3) is 0.160. The topological polar surface area (TPSA) is 84.1 Å². The summed E-state index contributed by atoms with van der Waals surface area (Å²) in [5, 5.41) is 12.3. The molecule has 6 heteroatoms. The molecule has 0 aliphatic carbocycles. The minimum atomic E-state index is -0.467. The van der Waals surface area contributed by atoms with Gasteiger partial charge in [-0.3, -0.25) is 4.79 Å². The average Bonchev–Trinajstić information content (AvgIpc) is 3.04. The number of methoxy groups -OCH3 is 1. The van der Waals surface area contributed by atoms with E-state index in [1.807, 2.05) is 61.7 Å². The maximum atomic E-state index is 12.6. The maximum Gasteiger partial charge on any atom is 0.337 e. The first kappa shape index (κ1) is 21.6. The highest BCUT2D eigenvalue weighted by atomic mass is 16.5. The van der Waals surface area contributed by atoms with Gasteiger partial charge in [0.15, 0.2) is 0 Å². The predicted octanol–water partition coefficient (Wildman–Crippen LogP) is 4.73. The second-order valence-electron chi connectivity index (χ2n) is 7.20. The normalized spacial score (nSPS) is 11.0. The molecule has 0 radical (unpaired) electrons. The van der Waals surface area contributed by atoms with E-state index in [4.69, 9.17) is 4.74 Å². The Hall–Kier alpha value is -4.11. The van der Waals surface area contributed by atoms with Gasteiger partial charge >= 0.3 is 5.97 Å². The van der Waals surface area contributed by atoms with Crippen LogP contribution in [0.15, 0.2) is 60.2 Å². The van der Waals surface area contributed by atoms with Crippen LogP contribution in [0.1, 0.15) is 32.9 Å². The Kier molecular flexibility index (Phi) is 6.37. The molecule has 0 atom stereocenters. The predicted molar refractivity (Wildman–Crippen MR) is 120 cm³/mol.